The Labute approximate surface area is 129 Å². The highest BCUT2D eigenvalue weighted by molar-refractivity contribution is 6.05. The van der Waals surface area contributed by atoms with E-state index in [1.54, 1.807) is 12.1 Å². The van der Waals surface area contributed by atoms with Crippen LogP contribution in [0.5, 0.6) is 5.75 Å². The number of carbonyl (C=O) groups is 2. The van der Waals surface area contributed by atoms with Gasteiger partial charge in [-0.1, -0.05) is 0 Å². The highest BCUT2D eigenvalue weighted by atomic mass is 16.3. The lowest BCUT2D eigenvalue weighted by molar-refractivity contribution is -0.139. The fourth-order valence-corrected chi connectivity index (χ4v) is 3.24. The molecule has 0 aliphatic carbocycles. The molecule has 2 aliphatic heterocycles. The number of anilines is 1. The molecule has 0 unspecified atom stereocenters. The molecule has 22 heavy (non-hydrogen) atoms. The number of hydrogen-bond acceptors (Lipinski definition) is 5. The zero-order chi connectivity index (χ0) is 15.7. The summed E-state index contributed by atoms with van der Waals surface area (Å²) in [5, 5.41) is 9.34. The van der Waals surface area contributed by atoms with Crippen LogP contribution >= 0.6 is 0 Å². The minimum absolute atomic E-state index is 0.0504. The Morgan fingerprint density at radius 2 is 1.73 bits per heavy atom. The molecule has 3 rings (SSSR count). The van der Waals surface area contributed by atoms with Gasteiger partial charge in [0, 0.05) is 38.4 Å². The van der Waals surface area contributed by atoms with E-state index in [2.05, 4.69) is 9.80 Å². The van der Waals surface area contributed by atoms with Crippen molar-refractivity contribution < 1.29 is 14.7 Å². The fourth-order valence-electron chi connectivity index (χ4n) is 3.24. The molecule has 2 saturated heterocycles. The number of phenolic OH excluding ortho intramolecular Hbond substituents is 1. The lowest BCUT2D eigenvalue weighted by atomic mass is 10.1. The van der Waals surface area contributed by atoms with Crippen molar-refractivity contribution in [1.82, 2.24) is 9.80 Å². The van der Waals surface area contributed by atoms with Crippen LogP contribution in [0.3, 0.4) is 0 Å². The average Bonchev–Trinajstić information content (AvgIpc) is 2.82. The first kappa shape index (κ1) is 14.8. The smallest absolute Gasteiger partial charge is 0.247 e. The molecule has 1 atom stereocenters. The van der Waals surface area contributed by atoms with Crippen LogP contribution in [0, 0.1) is 0 Å². The molecule has 1 aromatic rings. The minimum atomic E-state index is -0.283. The molecule has 6 nitrogen and oxygen atoms in total. The molecule has 0 radical (unpaired) electrons. The monoisotopic (exact) mass is 303 g/mol. The normalized spacial score (nSPS) is 23.4. The van der Waals surface area contributed by atoms with E-state index in [1.807, 2.05) is 19.1 Å². The zero-order valence-corrected chi connectivity index (χ0v) is 12.7. The number of carbonyl (C=O) groups excluding carboxylic acids is 2. The van der Waals surface area contributed by atoms with Gasteiger partial charge < -0.3 is 10.0 Å². The highest BCUT2D eigenvalue weighted by Crippen LogP contribution is 2.23. The van der Waals surface area contributed by atoms with Crippen LogP contribution < -0.4 is 4.90 Å². The summed E-state index contributed by atoms with van der Waals surface area (Å²) in [6, 6.07) is 6.87. The molecule has 0 saturated carbocycles. The summed E-state index contributed by atoms with van der Waals surface area (Å²) >= 11 is 0. The average molecular weight is 303 g/mol. The number of likely N-dealkylation sites (N-methyl/N-ethyl adjacent to an activating group) is 1. The van der Waals surface area contributed by atoms with E-state index in [1.165, 1.54) is 4.90 Å². The van der Waals surface area contributed by atoms with Gasteiger partial charge in [0.2, 0.25) is 11.8 Å². The number of benzene rings is 1. The maximum atomic E-state index is 12.3. The van der Waals surface area contributed by atoms with Gasteiger partial charge in [0.15, 0.2) is 0 Å². The molecule has 0 bridgehead atoms. The summed E-state index contributed by atoms with van der Waals surface area (Å²) in [4.78, 5) is 29.8. The molecule has 0 spiro atoms. The second-order valence-corrected chi connectivity index (χ2v) is 5.74. The SMILES string of the molecule is CCN1C(=O)C[C@H](N2CCN(c3ccc(O)cc3)CC2)C1=O. The van der Waals surface area contributed by atoms with E-state index >= 15 is 0 Å². The first-order valence-electron chi connectivity index (χ1n) is 7.72. The predicted octanol–water partition coefficient (Wildman–Crippen LogP) is 0.662. The zero-order valence-electron chi connectivity index (χ0n) is 12.7. The van der Waals surface area contributed by atoms with Gasteiger partial charge in [-0.25, -0.2) is 0 Å². The molecule has 6 heteroatoms. The van der Waals surface area contributed by atoms with Crippen molar-refractivity contribution in [3.05, 3.63) is 24.3 Å². The Morgan fingerprint density at radius 3 is 2.27 bits per heavy atom. The number of imide groups is 1. The number of rotatable bonds is 3. The standard InChI is InChI=1S/C16H21N3O3/c1-2-19-15(21)11-14(16(19)22)18-9-7-17(8-10-18)12-3-5-13(20)6-4-12/h3-6,14,20H,2,7-11H2,1H3/t14-/m0/s1. The molecule has 1 N–H and O–H groups in total. The number of amides is 2. The van der Waals surface area contributed by atoms with Gasteiger partial charge >= 0.3 is 0 Å². The van der Waals surface area contributed by atoms with Gasteiger partial charge in [-0.2, -0.15) is 0 Å². The number of nitrogens with zero attached hydrogens (tertiary/aromatic N) is 3. The van der Waals surface area contributed by atoms with Crippen LogP contribution in [0.15, 0.2) is 24.3 Å². The molecule has 2 aliphatic rings. The maximum Gasteiger partial charge on any atom is 0.247 e. The third-order valence-corrected chi connectivity index (χ3v) is 4.51. The Morgan fingerprint density at radius 1 is 1.09 bits per heavy atom. The van der Waals surface area contributed by atoms with Gasteiger partial charge in [-0.05, 0) is 31.2 Å². The lowest BCUT2D eigenvalue weighted by Crippen LogP contribution is -2.52. The molecular formula is C16H21N3O3. The van der Waals surface area contributed by atoms with Crippen molar-refractivity contribution in [3.8, 4) is 5.75 Å². The molecule has 118 valence electrons. The van der Waals surface area contributed by atoms with Crippen molar-refractivity contribution in [2.45, 2.75) is 19.4 Å². The molecule has 2 amide bonds. The molecular weight excluding hydrogens is 282 g/mol. The summed E-state index contributed by atoms with van der Waals surface area (Å²) in [7, 11) is 0. The van der Waals surface area contributed by atoms with Crippen LogP contribution in [0.4, 0.5) is 5.69 Å². The van der Waals surface area contributed by atoms with Crippen LogP contribution in [0.25, 0.3) is 0 Å². The van der Waals surface area contributed by atoms with E-state index in [0.717, 1.165) is 31.9 Å². The van der Waals surface area contributed by atoms with E-state index in [-0.39, 0.29) is 23.6 Å². The number of aromatic hydroxyl groups is 1. The van der Waals surface area contributed by atoms with Crippen molar-refractivity contribution in [1.29, 1.82) is 0 Å². The van der Waals surface area contributed by atoms with Crippen LogP contribution in [0.1, 0.15) is 13.3 Å². The van der Waals surface area contributed by atoms with Crippen molar-refractivity contribution in [3.63, 3.8) is 0 Å². The summed E-state index contributed by atoms with van der Waals surface area (Å²) in [6.45, 7) is 5.45. The Hall–Kier alpha value is -2.08. The Balaban J connectivity index is 1.61. The van der Waals surface area contributed by atoms with Crippen molar-refractivity contribution in [2.75, 3.05) is 37.6 Å². The summed E-state index contributed by atoms with van der Waals surface area (Å²) < 4.78 is 0. The largest absolute Gasteiger partial charge is 0.508 e. The maximum absolute atomic E-state index is 12.3. The molecule has 2 fully saturated rings. The van der Waals surface area contributed by atoms with Gasteiger partial charge in [-0.3, -0.25) is 19.4 Å². The summed E-state index contributed by atoms with van der Waals surface area (Å²) in [5.74, 6) is 0.154. The van der Waals surface area contributed by atoms with Crippen LogP contribution in [0.2, 0.25) is 0 Å². The first-order chi connectivity index (χ1) is 10.6. The first-order valence-corrected chi connectivity index (χ1v) is 7.72. The second-order valence-electron chi connectivity index (χ2n) is 5.74. The number of hydrogen-bond donors (Lipinski definition) is 1. The second kappa shape index (κ2) is 5.96. The number of likely N-dealkylation sites (tertiary alicyclic amines) is 1. The van der Waals surface area contributed by atoms with Gasteiger partial charge in [0.25, 0.3) is 0 Å². The Kier molecular flexibility index (Phi) is 4.02. The van der Waals surface area contributed by atoms with Gasteiger partial charge in [-0.15, -0.1) is 0 Å². The van der Waals surface area contributed by atoms with E-state index in [9.17, 15) is 14.7 Å². The van der Waals surface area contributed by atoms with Crippen molar-refractivity contribution in [2.24, 2.45) is 0 Å². The highest BCUT2D eigenvalue weighted by Gasteiger charge is 2.41. The third-order valence-electron chi connectivity index (χ3n) is 4.51. The van der Waals surface area contributed by atoms with E-state index < -0.39 is 0 Å². The molecule has 0 aromatic heterocycles. The fraction of sp³-hybridized carbons (Fsp3) is 0.500. The van der Waals surface area contributed by atoms with E-state index in [4.69, 9.17) is 0 Å². The summed E-state index contributed by atoms with van der Waals surface area (Å²) in [5.41, 5.74) is 1.07. The van der Waals surface area contributed by atoms with Crippen LogP contribution in [-0.2, 0) is 9.59 Å². The quantitative estimate of drug-likeness (QED) is 0.831. The molecule has 2 heterocycles. The van der Waals surface area contributed by atoms with Crippen LogP contribution in [-0.4, -0.2) is 65.5 Å². The van der Waals surface area contributed by atoms with E-state index in [0.29, 0.717) is 13.0 Å². The molecule has 1 aromatic carbocycles. The topological polar surface area (TPSA) is 64.1 Å². The minimum Gasteiger partial charge on any atom is -0.508 e. The summed E-state index contributed by atoms with van der Waals surface area (Å²) in [6.07, 6.45) is 0.311. The lowest BCUT2D eigenvalue weighted by Gasteiger charge is -2.38. The number of piperazine rings is 1. The Bertz CT molecular complexity index is 565. The third kappa shape index (κ3) is 2.66. The predicted molar refractivity (Wildman–Crippen MR) is 82.7 cm³/mol. The van der Waals surface area contributed by atoms with Crippen molar-refractivity contribution >= 4 is 17.5 Å². The van der Waals surface area contributed by atoms with Gasteiger partial charge in [0.05, 0.1) is 12.5 Å². The van der Waals surface area contributed by atoms with Gasteiger partial charge in [0.1, 0.15) is 5.75 Å². The number of phenols is 1.